The van der Waals surface area contributed by atoms with E-state index in [4.69, 9.17) is 0 Å². The summed E-state index contributed by atoms with van der Waals surface area (Å²) in [6.45, 7) is 56.1. The quantitative estimate of drug-likeness (QED) is 0.0688. The van der Waals surface area contributed by atoms with Crippen molar-refractivity contribution in [3.05, 3.63) is 207 Å². The Bertz CT molecular complexity index is 2470. The number of hydrogen-bond acceptors (Lipinski definition) is 0. The number of aryl methyl sites for hydroxylation is 4. The fourth-order valence-electron chi connectivity index (χ4n) is 9.69. The van der Waals surface area contributed by atoms with E-state index < -0.39 is 0 Å². The van der Waals surface area contributed by atoms with Crippen LogP contribution in [0.3, 0.4) is 0 Å². The first-order chi connectivity index (χ1) is 34.9. The first kappa shape index (κ1) is 86.3. The van der Waals surface area contributed by atoms with E-state index in [-0.39, 0.29) is 81.4 Å². The van der Waals surface area contributed by atoms with Gasteiger partial charge in [-0.1, -0.05) is 233 Å². The Morgan fingerprint density at radius 1 is 0.300 bits per heavy atom. The van der Waals surface area contributed by atoms with E-state index in [1.807, 2.05) is 0 Å². The van der Waals surface area contributed by atoms with Gasteiger partial charge in [-0.2, -0.15) is 37.1 Å². The van der Waals surface area contributed by atoms with Crippen molar-refractivity contribution in [3.63, 3.8) is 0 Å². The van der Waals surface area contributed by atoms with Crippen LogP contribution in [0.5, 0.6) is 0 Å². The van der Waals surface area contributed by atoms with Gasteiger partial charge in [-0.25, -0.2) is 0 Å². The van der Waals surface area contributed by atoms with Crippen LogP contribution in [0, 0.1) is 71.2 Å². The third kappa shape index (κ3) is 25.4. The number of unbranched alkanes of at least 4 members (excludes halogenated alkanes) is 3. The summed E-state index contributed by atoms with van der Waals surface area (Å²) < 4.78 is 0. The summed E-state index contributed by atoms with van der Waals surface area (Å²) in [5.74, 6) is 4.83. The fourth-order valence-corrected chi connectivity index (χ4v) is 9.69. The second-order valence-corrected chi connectivity index (χ2v) is 23.2. The van der Waals surface area contributed by atoms with Crippen LogP contribution < -0.4 is 0 Å². The third-order valence-electron chi connectivity index (χ3n) is 14.0. The van der Waals surface area contributed by atoms with Crippen LogP contribution in [0.1, 0.15) is 251 Å². The second-order valence-electron chi connectivity index (χ2n) is 23.2. The monoisotopic (exact) mass is 1440 g/mol. The van der Waals surface area contributed by atoms with Crippen LogP contribution in [-0.4, -0.2) is 20.5 Å². The van der Waals surface area contributed by atoms with Gasteiger partial charge in [-0.05, 0) is 47.3 Å². The van der Waals surface area contributed by atoms with Gasteiger partial charge in [-0.15, -0.1) is 114 Å². The molecular formula is C76H114Hf2Si2-10. The molecule has 0 amide bonds. The van der Waals surface area contributed by atoms with E-state index in [1.54, 1.807) is 13.1 Å². The molecule has 0 aliphatic rings. The molecule has 0 N–H and O–H groups in total. The summed E-state index contributed by atoms with van der Waals surface area (Å²) in [7, 11) is 5.94. The van der Waals surface area contributed by atoms with Crippen LogP contribution in [-0.2, 0) is 51.7 Å². The van der Waals surface area contributed by atoms with Crippen molar-refractivity contribution in [2.45, 2.75) is 225 Å². The van der Waals surface area contributed by atoms with Gasteiger partial charge in [0.15, 0.2) is 0 Å². The van der Waals surface area contributed by atoms with Crippen LogP contribution >= 0.6 is 0 Å². The molecule has 0 spiro atoms. The fraction of sp³-hybridized carbons (Fsp3) is 0.447. The van der Waals surface area contributed by atoms with Crippen molar-refractivity contribution in [3.8, 4) is 0 Å². The molecule has 0 saturated carbocycles. The van der Waals surface area contributed by atoms with E-state index in [1.165, 1.54) is 123 Å². The van der Waals surface area contributed by atoms with Crippen molar-refractivity contribution in [2.75, 3.05) is 0 Å². The molecule has 0 heterocycles. The van der Waals surface area contributed by atoms with Gasteiger partial charge in [-0.3, -0.25) is 0 Å². The molecule has 0 fully saturated rings. The summed E-state index contributed by atoms with van der Waals surface area (Å²) in [4.78, 5) is 0. The van der Waals surface area contributed by atoms with Gasteiger partial charge in [0, 0.05) is 72.2 Å². The first-order valence-corrected chi connectivity index (χ1v) is 30.3. The minimum absolute atomic E-state index is 0. The molecule has 444 valence electrons. The zero-order valence-corrected chi connectivity index (χ0v) is 65.3. The Morgan fingerprint density at radius 3 is 0.588 bits per heavy atom. The number of hydrogen-bond donors (Lipinski definition) is 0. The summed E-state index contributed by atoms with van der Waals surface area (Å²) >= 11 is 0. The predicted octanol–water partition coefficient (Wildman–Crippen LogP) is 24.9. The molecule has 0 nitrogen and oxygen atoms in total. The molecule has 0 aliphatic carbocycles. The number of fused-ring (bicyclic) bond motifs is 4. The minimum atomic E-state index is 0. The van der Waals surface area contributed by atoms with Crippen LogP contribution in [0.25, 0.3) is 43.1 Å². The van der Waals surface area contributed by atoms with Gasteiger partial charge >= 0.3 is 0 Å². The Hall–Kier alpha value is -2.51. The van der Waals surface area contributed by atoms with E-state index in [9.17, 15) is 0 Å². The summed E-state index contributed by atoms with van der Waals surface area (Å²) in [6, 6.07) is 37.4. The first-order valence-electron chi connectivity index (χ1n) is 28.3. The Balaban J connectivity index is -0.000000289. The normalized spacial score (nSPS) is 10.4. The van der Waals surface area contributed by atoms with Gasteiger partial charge in [0.25, 0.3) is 0 Å². The maximum atomic E-state index is 3.70. The largest absolute Gasteiger partial charge is 0.358 e. The molecule has 0 aromatic heterocycles. The van der Waals surface area contributed by atoms with E-state index in [0.717, 1.165) is 12.8 Å². The third-order valence-corrected chi connectivity index (χ3v) is 14.0. The van der Waals surface area contributed by atoms with Gasteiger partial charge < -0.3 is 43.6 Å². The van der Waals surface area contributed by atoms with Crippen molar-refractivity contribution < 1.29 is 51.7 Å². The van der Waals surface area contributed by atoms with E-state index in [0.29, 0.717) is 47.3 Å². The SMILES string of the molecule is C[Si].C[Si].Cc1cc2c(C(C)C)cc(C(C)C)cc2[cH-]1.Cc1cc2c(C(C)C)cc(C(C)C)cc2[cH-]1.Cc1cc2c(C(C)C)cc(C(C)C)cc2[cH-]1.Cc1cc2c(C(C)C)cc(C(C)C)cc2[cH-]1.[CH2-]CCCC[CH2-].[CH3-].[CH3-].[CH3-].[CH3-].[Hf].[Hf]. The molecule has 8 aromatic rings. The van der Waals surface area contributed by atoms with Gasteiger partial charge in [0.1, 0.15) is 0 Å². The summed E-state index contributed by atoms with van der Waals surface area (Å²) in [6.07, 6.45) is 4.61. The zero-order chi connectivity index (χ0) is 56.3. The number of benzene rings is 4. The molecule has 0 unspecified atom stereocenters. The molecule has 8 rings (SSSR count). The van der Waals surface area contributed by atoms with Crippen molar-refractivity contribution in [2.24, 2.45) is 0 Å². The van der Waals surface area contributed by atoms with Crippen molar-refractivity contribution >= 4 is 63.6 Å². The maximum absolute atomic E-state index is 3.70. The molecule has 0 bridgehead atoms. The maximum Gasteiger partial charge on any atom is 0.0184 e. The molecule has 80 heavy (non-hydrogen) atoms. The molecule has 0 aliphatic heterocycles. The minimum Gasteiger partial charge on any atom is -0.358 e. The summed E-state index contributed by atoms with van der Waals surface area (Å²) in [5.41, 5.74) is 17.3. The average molecular weight is 1440 g/mol. The molecule has 4 heteroatoms. The second kappa shape index (κ2) is 42.3. The van der Waals surface area contributed by atoms with Gasteiger partial charge in [0.2, 0.25) is 0 Å². The van der Waals surface area contributed by atoms with E-state index >= 15 is 0 Å². The zero-order valence-electron chi connectivity index (χ0n) is 56.1. The van der Waals surface area contributed by atoms with Crippen LogP contribution in [0.4, 0.5) is 0 Å². The molecule has 0 saturated heterocycles. The predicted molar refractivity (Wildman–Crippen MR) is 368 cm³/mol. The molecule has 0 atom stereocenters. The molecule has 8 aromatic carbocycles. The van der Waals surface area contributed by atoms with Crippen molar-refractivity contribution in [1.29, 1.82) is 0 Å². The van der Waals surface area contributed by atoms with Crippen molar-refractivity contribution in [1.82, 2.24) is 0 Å². The Kier molecular flexibility index (Phi) is 45.6. The van der Waals surface area contributed by atoms with Gasteiger partial charge in [0.05, 0.1) is 0 Å². The number of rotatable bonds is 11. The van der Waals surface area contributed by atoms with Crippen LogP contribution in [0.2, 0.25) is 13.1 Å². The summed E-state index contributed by atoms with van der Waals surface area (Å²) in [5, 5.41) is 11.4. The molecular weight excluding hydrogens is 1330 g/mol. The smallest absolute Gasteiger partial charge is 0.0184 e. The molecule has 6 radical (unpaired) electrons. The Labute approximate surface area is 542 Å². The Morgan fingerprint density at radius 2 is 0.463 bits per heavy atom. The average Bonchev–Trinajstić information content (AvgIpc) is 4.13. The van der Waals surface area contributed by atoms with E-state index in [2.05, 4.69) is 270 Å². The van der Waals surface area contributed by atoms with Crippen LogP contribution in [0.15, 0.2) is 97.1 Å². The standard InChI is InChI=1S/4C16H21.C6H12.2CH3Si.4CH3.2Hf/c4*1-10(2)13-8-14-6-12(5)7-16(14)15(9-13)11(3)4;1-3-5-6-4-2;2*1-2;;;;;;/h4*6-11H,1-5H3;1-6H2;2*1H3;4*1H3;;/q4*-1;-2;;;4*-1;;. The topological polar surface area (TPSA) is 0 Å².